The van der Waals surface area contributed by atoms with Crippen molar-refractivity contribution in [3.63, 3.8) is 0 Å². The number of halogens is 1. The summed E-state index contributed by atoms with van der Waals surface area (Å²) in [7, 11) is 0. The van der Waals surface area contributed by atoms with Crippen LogP contribution in [-0.4, -0.2) is 22.5 Å². The Bertz CT molecular complexity index is 812. The van der Waals surface area contributed by atoms with Crippen LogP contribution in [0.4, 0.5) is 0 Å². The van der Waals surface area contributed by atoms with Gasteiger partial charge in [0.2, 0.25) is 5.91 Å². The number of carbonyl (C=O) groups is 2. The summed E-state index contributed by atoms with van der Waals surface area (Å²) in [5.74, 6) is -1.39. The van der Waals surface area contributed by atoms with E-state index in [-0.39, 0.29) is 12.4 Å². The number of amides is 1. The van der Waals surface area contributed by atoms with Gasteiger partial charge in [0.05, 0.1) is 11.4 Å². The van der Waals surface area contributed by atoms with Crippen molar-refractivity contribution in [3.05, 3.63) is 40.0 Å². The van der Waals surface area contributed by atoms with Crippen LogP contribution < -0.4 is 5.73 Å². The highest BCUT2D eigenvalue weighted by Crippen LogP contribution is 2.30. The van der Waals surface area contributed by atoms with Crippen LogP contribution in [0, 0.1) is 6.92 Å². The number of ether oxygens (including phenoxy) is 1. The lowest BCUT2D eigenvalue weighted by molar-refractivity contribution is -0.157. The smallest absolute Gasteiger partial charge is 0.314 e. The van der Waals surface area contributed by atoms with Crippen LogP contribution in [0.3, 0.4) is 0 Å². The van der Waals surface area contributed by atoms with Crippen LogP contribution in [0.2, 0.25) is 0 Å². The second-order valence-corrected chi connectivity index (χ2v) is 8.01. The van der Waals surface area contributed by atoms with E-state index in [1.165, 1.54) is 0 Å². The molecule has 0 aliphatic carbocycles. The largest absolute Gasteiger partial charge is 0.459 e. The van der Waals surface area contributed by atoms with Gasteiger partial charge in [0, 0.05) is 22.0 Å². The second kappa shape index (κ2) is 7.52. The summed E-state index contributed by atoms with van der Waals surface area (Å²) in [5.41, 5.74) is 7.03. The highest BCUT2D eigenvalue weighted by molar-refractivity contribution is 9.10. The molecule has 25 heavy (non-hydrogen) atoms. The second-order valence-electron chi connectivity index (χ2n) is 7.09. The fourth-order valence-electron chi connectivity index (χ4n) is 2.67. The molecule has 1 unspecified atom stereocenters. The Kier molecular flexibility index (Phi) is 5.83. The van der Waals surface area contributed by atoms with E-state index in [1.54, 1.807) is 0 Å². The first-order valence-electron chi connectivity index (χ1n) is 8.15. The molecule has 134 valence electrons. The molecule has 1 heterocycles. The van der Waals surface area contributed by atoms with Gasteiger partial charge < -0.3 is 10.5 Å². The molecule has 0 aliphatic heterocycles. The summed E-state index contributed by atoms with van der Waals surface area (Å²) in [6.45, 7) is 7.31. The molecule has 0 fully saturated rings. The molecule has 0 saturated heterocycles. The van der Waals surface area contributed by atoms with Gasteiger partial charge in [-0.1, -0.05) is 15.9 Å². The molecule has 1 atom stereocenters. The fourth-order valence-corrected chi connectivity index (χ4v) is 3.05. The lowest BCUT2D eigenvalue weighted by Crippen LogP contribution is -2.29. The monoisotopic (exact) mass is 406 g/mol. The van der Waals surface area contributed by atoms with Gasteiger partial charge in [0.15, 0.2) is 0 Å². The number of hydrogen-bond acceptors (Lipinski definition) is 4. The van der Waals surface area contributed by atoms with Gasteiger partial charge in [0.25, 0.3) is 0 Å². The standard InChI is InChI=1S/C19H23BrN2O3/c1-11-15(10-12-9-13(20)5-7-16(12)22-11)14(6-8-17(21)23)18(24)25-19(2,3)4/h5,7,9-10,14H,6,8H2,1-4H3,(H2,21,23). The van der Waals surface area contributed by atoms with Crippen molar-refractivity contribution >= 4 is 38.7 Å². The summed E-state index contributed by atoms with van der Waals surface area (Å²) in [5, 5.41) is 0.919. The van der Waals surface area contributed by atoms with E-state index in [0.29, 0.717) is 6.42 Å². The maximum atomic E-state index is 12.7. The fraction of sp³-hybridized carbons (Fsp3) is 0.421. The van der Waals surface area contributed by atoms with Gasteiger partial charge in [0.1, 0.15) is 5.60 Å². The predicted octanol–water partition coefficient (Wildman–Crippen LogP) is 4.00. The first-order valence-corrected chi connectivity index (χ1v) is 8.94. The number of aryl methyl sites for hydroxylation is 1. The molecule has 2 rings (SSSR count). The molecule has 6 heteroatoms. The van der Waals surface area contributed by atoms with E-state index in [1.807, 2.05) is 52.0 Å². The number of nitrogens with two attached hydrogens (primary N) is 1. The zero-order valence-corrected chi connectivity index (χ0v) is 16.5. The third-order valence-electron chi connectivity index (χ3n) is 3.75. The molecule has 1 aromatic carbocycles. The summed E-state index contributed by atoms with van der Waals surface area (Å²) in [6.07, 6.45) is 0.409. The average Bonchev–Trinajstić information content (AvgIpc) is 2.46. The Balaban J connectivity index is 2.47. The summed E-state index contributed by atoms with van der Waals surface area (Å²) >= 11 is 3.45. The Hall–Kier alpha value is -1.95. The zero-order valence-electron chi connectivity index (χ0n) is 14.9. The van der Waals surface area contributed by atoms with E-state index in [2.05, 4.69) is 20.9 Å². The van der Waals surface area contributed by atoms with Crippen molar-refractivity contribution in [3.8, 4) is 0 Å². The Morgan fingerprint density at radius 1 is 1.28 bits per heavy atom. The molecule has 2 N–H and O–H groups in total. The highest BCUT2D eigenvalue weighted by atomic mass is 79.9. The van der Waals surface area contributed by atoms with Crippen molar-refractivity contribution in [2.75, 3.05) is 0 Å². The zero-order chi connectivity index (χ0) is 18.8. The van der Waals surface area contributed by atoms with E-state index in [0.717, 1.165) is 26.6 Å². The lowest BCUT2D eigenvalue weighted by atomic mass is 9.91. The third kappa shape index (κ3) is 5.26. The van der Waals surface area contributed by atoms with Gasteiger partial charge in [-0.05, 0) is 63.9 Å². The van der Waals surface area contributed by atoms with Gasteiger partial charge in [-0.3, -0.25) is 14.6 Å². The van der Waals surface area contributed by atoms with E-state index >= 15 is 0 Å². The van der Waals surface area contributed by atoms with E-state index < -0.39 is 17.4 Å². The molecule has 5 nitrogen and oxygen atoms in total. The minimum absolute atomic E-state index is 0.111. The number of nitrogens with zero attached hydrogens (tertiary/aromatic N) is 1. The molecule has 0 aliphatic rings. The molecule has 1 aromatic heterocycles. The number of rotatable bonds is 5. The highest BCUT2D eigenvalue weighted by Gasteiger charge is 2.28. The van der Waals surface area contributed by atoms with Crippen molar-refractivity contribution in [2.24, 2.45) is 5.73 Å². The van der Waals surface area contributed by atoms with Crippen LogP contribution in [0.15, 0.2) is 28.7 Å². The first kappa shape index (κ1) is 19.4. The SMILES string of the molecule is Cc1nc2ccc(Br)cc2cc1C(CCC(N)=O)C(=O)OC(C)(C)C. The number of aromatic nitrogens is 1. The quantitative estimate of drug-likeness (QED) is 0.760. The third-order valence-corrected chi connectivity index (χ3v) is 4.25. The predicted molar refractivity (Wildman–Crippen MR) is 101 cm³/mol. The summed E-state index contributed by atoms with van der Waals surface area (Å²) < 4.78 is 6.48. The van der Waals surface area contributed by atoms with Crippen LogP contribution in [-0.2, 0) is 14.3 Å². The topological polar surface area (TPSA) is 82.3 Å². The molecule has 0 saturated carbocycles. The van der Waals surface area contributed by atoms with Crippen molar-refractivity contribution < 1.29 is 14.3 Å². The Morgan fingerprint density at radius 2 is 1.96 bits per heavy atom. The number of fused-ring (bicyclic) bond motifs is 1. The number of primary amides is 1. The van der Waals surface area contributed by atoms with Crippen LogP contribution in [0.1, 0.15) is 50.8 Å². The maximum Gasteiger partial charge on any atom is 0.314 e. The summed E-state index contributed by atoms with van der Waals surface area (Å²) in [6, 6.07) is 7.73. The molecule has 0 bridgehead atoms. The number of esters is 1. The van der Waals surface area contributed by atoms with Crippen LogP contribution >= 0.6 is 15.9 Å². The Labute approximate surface area is 156 Å². The molecule has 0 radical (unpaired) electrons. The first-order chi connectivity index (χ1) is 11.6. The van der Waals surface area contributed by atoms with Gasteiger partial charge in [-0.15, -0.1) is 0 Å². The summed E-state index contributed by atoms with van der Waals surface area (Å²) in [4.78, 5) is 28.5. The van der Waals surface area contributed by atoms with Crippen LogP contribution in [0.5, 0.6) is 0 Å². The maximum absolute atomic E-state index is 12.7. The van der Waals surface area contributed by atoms with Gasteiger partial charge in [-0.25, -0.2) is 0 Å². The Morgan fingerprint density at radius 3 is 2.56 bits per heavy atom. The molecular weight excluding hydrogens is 384 g/mol. The van der Waals surface area contributed by atoms with Crippen molar-refractivity contribution in [2.45, 2.75) is 52.1 Å². The number of hydrogen-bond donors (Lipinski definition) is 1. The number of pyridine rings is 1. The lowest BCUT2D eigenvalue weighted by Gasteiger charge is -2.25. The van der Waals surface area contributed by atoms with Crippen LogP contribution in [0.25, 0.3) is 10.9 Å². The average molecular weight is 407 g/mol. The number of carbonyl (C=O) groups excluding carboxylic acids is 2. The molecule has 0 spiro atoms. The van der Waals surface area contributed by atoms with Crippen molar-refractivity contribution in [1.29, 1.82) is 0 Å². The minimum atomic E-state index is -0.608. The molecule has 2 aromatic rings. The van der Waals surface area contributed by atoms with Gasteiger partial charge in [-0.2, -0.15) is 0 Å². The normalized spacial score (nSPS) is 12.8. The number of benzene rings is 1. The van der Waals surface area contributed by atoms with E-state index in [9.17, 15) is 9.59 Å². The van der Waals surface area contributed by atoms with Gasteiger partial charge >= 0.3 is 5.97 Å². The van der Waals surface area contributed by atoms with Crippen molar-refractivity contribution in [1.82, 2.24) is 4.98 Å². The van der Waals surface area contributed by atoms with E-state index in [4.69, 9.17) is 10.5 Å². The molecule has 1 amide bonds. The minimum Gasteiger partial charge on any atom is -0.459 e. The molecular formula is C19H23BrN2O3.